The quantitative estimate of drug-likeness (QED) is 0.788. The number of aromatic nitrogens is 2. The van der Waals surface area contributed by atoms with Crippen LogP contribution in [0.1, 0.15) is 22.8 Å². The van der Waals surface area contributed by atoms with Crippen LogP contribution in [0, 0.1) is 0 Å². The van der Waals surface area contributed by atoms with Gasteiger partial charge in [0.05, 0.1) is 17.9 Å². The summed E-state index contributed by atoms with van der Waals surface area (Å²) >= 11 is 0. The highest BCUT2D eigenvalue weighted by atomic mass is 16.5. The van der Waals surface area contributed by atoms with Crippen LogP contribution in [0.3, 0.4) is 0 Å². The molecule has 0 bridgehead atoms. The molecule has 21 heavy (non-hydrogen) atoms. The van der Waals surface area contributed by atoms with E-state index in [0.29, 0.717) is 30.2 Å². The lowest BCUT2D eigenvalue weighted by molar-refractivity contribution is 0.0527. The molecule has 0 aliphatic rings. The van der Waals surface area contributed by atoms with Gasteiger partial charge in [0.1, 0.15) is 5.82 Å². The molecule has 6 heteroatoms. The van der Waals surface area contributed by atoms with Gasteiger partial charge in [-0.3, -0.25) is 4.98 Å². The Balaban J connectivity index is 2.00. The van der Waals surface area contributed by atoms with E-state index in [-0.39, 0.29) is 0 Å². The number of hydrogen-bond donors (Lipinski definition) is 2. The summed E-state index contributed by atoms with van der Waals surface area (Å²) < 4.78 is 4.96. The van der Waals surface area contributed by atoms with E-state index in [1.165, 1.54) is 6.20 Å². The second-order valence-corrected chi connectivity index (χ2v) is 4.37. The third-order valence-corrected chi connectivity index (χ3v) is 2.94. The largest absolute Gasteiger partial charge is 0.462 e. The van der Waals surface area contributed by atoms with Gasteiger partial charge in [0.25, 0.3) is 0 Å². The highest BCUT2D eigenvalue weighted by Crippen LogP contribution is 2.20. The van der Waals surface area contributed by atoms with Gasteiger partial charge in [0, 0.05) is 25.1 Å². The number of nitrogens with one attached hydrogen (secondary N) is 1. The van der Waals surface area contributed by atoms with Gasteiger partial charge in [-0.25, -0.2) is 9.78 Å². The van der Waals surface area contributed by atoms with Crippen LogP contribution in [0.25, 0.3) is 0 Å². The molecule has 0 unspecified atom stereocenters. The maximum Gasteiger partial charge on any atom is 0.340 e. The van der Waals surface area contributed by atoms with Crippen molar-refractivity contribution in [2.24, 2.45) is 0 Å². The Morgan fingerprint density at radius 1 is 1.29 bits per heavy atom. The lowest BCUT2D eigenvalue weighted by Gasteiger charge is -2.11. The SMILES string of the molecule is CCOC(=O)c1ccnc(NCCc2ccncc2)c1N. The molecule has 6 nitrogen and oxygen atoms in total. The number of nitrogens with two attached hydrogens (primary N) is 1. The van der Waals surface area contributed by atoms with Gasteiger partial charge in [-0.1, -0.05) is 0 Å². The van der Waals surface area contributed by atoms with Gasteiger partial charge < -0.3 is 15.8 Å². The highest BCUT2D eigenvalue weighted by molar-refractivity contribution is 5.97. The van der Waals surface area contributed by atoms with Crippen LogP contribution in [-0.4, -0.2) is 29.1 Å². The molecule has 0 spiro atoms. The van der Waals surface area contributed by atoms with Gasteiger partial charge >= 0.3 is 5.97 Å². The van der Waals surface area contributed by atoms with Crippen molar-refractivity contribution in [2.45, 2.75) is 13.3 Å². The lowest BCUT2D eigenvalue weighted by atomic mass is 10.2. The predicted octanol–water partition coefficient (Wildman–Crippen LogP) is 1.89. The molecule has 0 atom stereocenters. The van der Waals surface area contributed by atoms with Crippen LogP contribution in [0.4, 0.5) is 11.5 Å². The van der Waals surface area contributed by atoms with Crippen molar-refractivity contribution in [1.29, 1.82) is 0 Å². The predicted molar refractivity (Wildman–Crippen MR) is 81.0 cm³/mol. The molecule has 2 heterocycles. The number of ether oxygens (including phenoxy) is 1. The number of hydrogen-bond acceptors (Lipinski definition) is 6. The van der Waals surface area contributed by atoms with E-state index in [2.05, 4.69) is 15.3 Å². The van der Waals surface area contributed by atoms with Crippen LogP contribution in [-0.2, 0) is 11.2 Å². The number of pyridine rings is 2. The molecule has 0 saturated carbocycles. The Bertz CT molecular complexity index is 602. The summed E-state index contributed by atoms with van der Waals surface area (Å²) in [5.74, 6) is 0.0594. The van der Waals surface area contributed by atoms with Crippen molar-refractivity contribution >= 4 is 17.5 Å². The average molecular weight is 286 g/mol. The summed E-state index contributed by atoms with van der Waals surface area (Å²) in [4.78, 5) is 19.9. The third kappa shape index (κ3) is 3.92. The van der Waals surface area contributed by atoms with Crippen LogP contribution in [0.5, 0.6) is 0 Å². The van der Waals surface area contributed by atoms with E-state index in [9.17, 15) is 4.79 Å². The number of rotatable bonds is 6. The number of nitrogen functional groups attached to an aromatic ring is 1. The minimum absolute atomic E-state index is 0.311. The van der Waals surface area contributed by atoms with Crippen molar-refractivity contribution in [3.05, 3.63) is 47.9 Å². The zero-order chi connectivity index (χ0) is 15.1. The Morgan fingerprint density at radius 2 is 2.05 bits per heavy atom. The van der Waals surface area contributed by atoms with E-state index >= 15 is 0 Å². The van der Waals surface area contributed by atoms with Crippen LogP contribution < -0.4 is 11.1 Å². The van der Waals surface area contributed by atoms with Crippen LogP contribution in [0.15, 0.2) is 36.8 Å². The number of anilines is 2. The van der Waals surface area contributed by atoms with Crippen LogP contribution in [0.2, 0.25) is 0 Å². The first-order chi connectivity index (χ1) is 10.2. The monoisotopic (exact) mass is 286 g/mol. The molecule has 0 radical (unpaired) electrons. The smallest absolute Gasteiger partial charge is 0.340 e. The molecule has 0 aliphatic heterocycles. The molecule has 3 N–H and O–H groups in total. The molecule has 0 aromatic carbocycles. The Labute approximate surface area is 123 Å². The molecule has 2 aromatic heterocycles. The van der Waals surface area contributed by atoms with Crippen molar-refractivity contribution in [3.63, 3.8) is 0 Å². The van der Waals surface area contributed by atoms with E-state index < -0.39 is 5.97 Å². The Morgan fingerprint density at radius 3 is 2.76 bits per heavy atom. The second kappa shape index (κ2) is 7.23. The van der Waals surface area contributed by atoms with Gasteiger partial charge in [0.15, 0.2) is 0 Å². The van der Waals surface area contributed by atoms with E-state index in [1.807, 2.05) is 12.1 Å². The Kier molecular flexibility index (Phi) is 5.09. The first-order valence-corrected chi connectivity index (χ1v) is 6.76. The number of esters is 1. The number of nitrogens with zero attached hydrogens (tertiary/aromatic N) is 2. The fourth-order valence-electron chi connectivity index (χ4n) is 1.88. The first kappa shape index (κ1) is 14.8. The summed E-state index contributed by atoms with van der Waals surface area (Å²) in [7, 11) is 0. The normalized spacial score (nSPS) is 10.1. The maximum atomic E-state index is 11.7. The molecule has 0 fully saturated rings. The summed E-state index contributed by atoms with van der Waals surface area (Å²) in [5, 5.41) is 3.13. The molecule has 2 aromatic rings. The molecule has 0 saturated heterocycles. The van der Waals surface area contributed by atoms with Gasteiger partial charge in [-0.15, -0.1) is 0 Å². The highest BCUT2D eigenvalue weighted by Gasteiger charge is 2.14. The zero-order valence-corrected chi connectivity index (χ0v) is 11.9. The van der Waals surface area contributed by atoms with Crippen molar-refractivity contribution < 1.29 is 9.53 Å². The first-order valence-electron chi connectivity index (χ1n) is 6.76. The van der Waals surface area contributed by atoms with E-state index in [1.54, 1.807) is 25.4 Å². The molecule has 0 amide bonds. The molecule has 110 valence electrons. The van der Waals surface area contributed by atoms with E-state index in [4.69, 9.17) is 10.5 Å². The zero-order valence-electron chi connectivity index (χ0n) is 11.9. The lowest BCUT2D eigenvalue weighted by Crippen LogP contribution is -2.13. The Hall–Kier alpha value is -2.63. The van der Waals surface area contributed by atoms with Crippen molar-refractivity contribution in [3.8, 4) is 0 Å². The molecular weight excluding hydrogens is 268 g/mol. The molecule has 0 aliphatic carbocycles. The summed E-state index contributed by atoms with van der Waals surface area (Å²) in [6.07, 6.45) is 5.86. The van der Waals surface area contributed by atoms with Gasteiger partial charge in [0.2, 0.25) is 0 Å². The molecule has 2 rings (SSSR count). The average Bonchev–Trinajstić information content (AvgIpc) is 2.50. The van der Waals surface area contributed by atoms with Crippen molar-refractivity contribution in [1.82, 2.24) is 9.97 Å². The fraction of sp³-hybridized carbons (Fsp3) is 0.267. The maximum absolute atomic E-state index is 11.7. The number of carbonyl (C=O) groups excluding carboxylic acids is 1. The molecular formula is C15H18N4O2. The standard InChI is InChI=1S/C15H18N4O2/c1-2-21-15(20)12-6-10-19-14(13(12)16)18-9-5-11-3-7-17-8-4-11/h3-4,6-8,10H,2,5,9,16H2,1H3,(H,18,19). The summed E-state index contributed by atoms with van der Waals surface area (Å²) in [6, 6.07) is 5.46. The van der Waals surface area contributed by atoms with Crippen LogP contribution >= 0.6 is 0 Å². The van der Waals surface area contributed by atoms with Gasteiger partial charge in [-0.2, -0.15) is 0 Å². The van der Waals surface area contributed by atoms with Crippen molar-refractivity contribution in [2.75, 3.05) is 24.2 Å². The minimum Gasteiger partial charge on any atom is -0.462 e. The summed E-state index contributed by atoms with van der Waals surface area (Å²) in [6.45, 7) is 2.72. The fourth-order valence-corrected chi connectivity index (χ4v) is 1.88. The third-order valence-electron chi connectivity index (χ3n) is 2.94. The van der Waals surface area contributed by atoms with Gasteiger partial charge in [-0.05, 0) is 37.1 Å². The topological polar surface area (TPSA) is 90.1 Å². The van der Waals surface area contributed by atoms with E-state index in [0.717, 1.165) is 12.0 Å². The number of carbonyl (C=O) groups is 1. The summed E-state index contributed by atoms with van der Waals surface area (Å²) in [5.41, 5.74) is 7.77. The second-order valence-electron chi connectivity index (χ2n) is 4.37. The minimum atomic E-state index is -0.436.